The summed E-state index contributed by atoms with van der Waals surface area (Å²) >= 11 is 6.03. The van der Waals surface area contributed by atoms with Crippen molar-refractivity contribution >= 4 is 28.9 Å². The summed E-state index contributed by atoms with van der Waals surface area (Å²) in [7, 11) is 0. The fourth-order valence-electron chi connectivity index (χ4n) is 4.64. The summed E-state index contributed by atoms with van der Waals surface area (Å²) in [6, 6.07) is 8.55. The van der Waals surface area contributed by atoms with Crippen molar-refractivity contribution in [3.8, 4) is 0 Å². The van der Waals surface area contributed by atoms with E-state index in [9.17, 15) is 28.1 Å². The first-order valence-electron chi connectivity index (χ1n) is 11.4. The lowest BCUT2D eigenvalue weighted by molar-refractivity contribution is -0.388. The first kappa shape index (κ1) is 25.2. The van der Waals surface area contributed by atoms with Gasteiger partial charge in [-0.2, -0.15) is 13.2 Å². The highest BCUT2D eigenvalue weighted by Gasteiger charge is 2.38. The Balaban J connectivity index is 1.25. The lowest BCUT2D eigenvalue weighted by atomic mass is 9.92. The van der Waals surface area contributed by atoms with E-state index in [0.29, 0.717) is 43.8 Å². The summed E-state index contributed by atoms with van der Waals surface area (Å²) in [6.07, 6.45) is -1.56. The average molecular weight is 512 g/mol. The van der Waals surface area contributed by atoms with Crippen molar-refractivity contribution in [3.63, 3.8) is 0 Å². The number of nitro benzene ring substituents is 1. The topological polar surface area (TPSA) is 84.7 Å². The number of rotatable bonds is 6. The van der Waals surface area contributed by atoms with Crippen molar-refractivity contribution in [1.29, 1.82) is 0 Å². The highest BCUT2D eigenvalue weighted by Crippen LogP contribution is 2.38. The Hall–Kier alpha value is -2.85. The molecule has 2 aromatic carbocycles. The number of halogens is 4. The van der Waals surface area contributed by atoms with E-state index in [2.05, 4.69) is 5.32 Å². The van der Waals surface area contributed by atoms with Crippen LogP contribution in [0.1, 0.15) is 42.4 Å². The monoisotopic (exact) mass is 511 g/mol. The normalized spacial score (nSPS) is 20.3. The van der Waals surface area contributed by atoms with Crippen molar-refractivity contribution in [2.45, 2.75) is 57.0 Å². The number of fused-ring (bicyclic) bond motifs is 1. The van der Waals surface area contributed by atoms with Crippen LogP contribution in [0.5, 0.6) is 0 Å². The van der Waals surface area contributed by atoms with E-state index in [1.54, 1.807) is 4.90 Å². The van der Waals surface area contributed by atoms with Gasteiger partial charge in [0, 0.05) is 35.9 Å². The van der Waals surface area contributed by atoms with Crippen LogP contribution in [-0.4, -0.2) is 41.0 Å². The highest BCUT2D eigenvalue weighted by molar-refractivity contribution is 6.30. The van der Waals surface area contributed by atoms with Gasteiger partial charge in [0.15, 0.2) is 0 Å². The second kappa shape index (κ2) is 10.4. The van der Waals surface area contributed by atoms with E-state index in [4.69, 9.17) is 16.3 Å². The molecule has 1 heterocycles. The van der Waals surface area contributed by atoms with Gasteiger partial charge in [0.25, 0.3) is 5.69 Å². The van der Waals surface area contributed by atoms with E-state index in [-0.39, 0.29) is 30.3 Å². The van der Waals surface area contributed by atoms with Crippen LogP contribution in [0.15, 0.2) is 36.4 Å². The van der Waals surface area contributed by atoms with Gasteiger partial charge in [0.2, 0.25) is 5.91 Å². The molecular weight excluding hydrogens is 487 g/mol. The molecule has 2 aliphatic rings. The Morgan fingerprint density at radius 1 is 1.14 bits per heavy atom. The molecule has 1 amide bonds. The Morgan fingerprint density at radius 2 is 1.89 bits per heavy atom. The summed E-state index contributed by atoms with van der Waals surface area (Å²) in [6.45, 7) is 1.13. The maximum absolute atomic E-state index is 13.2. The van der Waals surface area contributed by atoms with Gasteiger partial charge >= 0.3 is 6.18 Å². The van der Waals surface area contributed by atoms with Crippen LogP contribution in [0.4, 0.5) is 24.5 Å². The Morgan fingerprint density at radius 3 is 2.57 bits per heavy atom. The standard InChI is InChI=1S/C24H25ClF3N3O4/c25-17-2-1-16-13-30(10-9-15(16)11-17)23(32)14-35-20-6-3-18(4-7-20)29-19-5-8-22(31(33)34)21(12-19)24(26,27)28/h1-2,5,8,11-12,18,20,29H,3-4,6-7,9-10,13-14H2. The number of hydrogen-bond acceptors (Lipinski definition) is 5. The van der Waals surface area contributed by atoms with Crippen LogP contribution in [0.25, 0.3) is 0 Å². The number of anilines is 1. The number of carbonyl (C=O) groups excluding carboxylic acids is 1. The van der Waals surface area contributed by atoms with Gasteiger partial charge in [0.1, 0.15) is 12.2 Å². The van der Waals surface area contributed by atoms with Crippen molar-refractivity contribution in [2.75, 3.05) is 18.5 Å². The molecular formula is C24H25ClF3N3O4. The predicted octanol–water partition coefficient (Wildman–Crippen LogP) is 5.59. The lowest BCUT2D eigenvalue weighted by Crippen LogP contribution is -2.39. The smallest absolute Gasteiger partial charge is 0.382 e. The molecule has 1 fully saturated rings. The van der Waals surface area contributed by atoms with Crippen molar-refractivity contribution < 1.29 is 27.6 Å². The van der Waals surface area contributed by atoms with E-state index in [1.165, 1.54) is 6.07 Å². The summed E-state index contributed by atoms with van der Waals surface area (Å²) < 4.78 is 45.5. The number of carbonyl (C=O) groups is 1. The summed E-state index contributed by atoms with van der Waals surface area (Å²) in [4.78, 5) is 24.3. The number of ether oxygens (including phenoxy) is 1. The molecule has 1 aliphatic carbocycles. The van der Waals surface area contributed by atoms with Crippen LogP contribution < -0.4 is 5.32 Å². The van der Waals surface area contributed by atoms with Gasteiger partial charge in [-0.1, -0.05) is 17.7 Å². The molecule has 0 saturated heterocycles. The number of nitrogens with zero attached hydrogens (tertiary/aromatic N) is 2. The van der Waals surface area contributed by atoms with E-state index in [1.807, 2.05) is 18.2 Å². The van der Waals surface area contributed by atoms with Gasteiger partial charge in [-0.15, -0.1) is 0 Å². The zero-order valence-electron chi connectivity index (χ0n) is 18.8. The molecule has 2 aromatic rings. The molecule has 1 N–H and O–H groups in total. The zero-order chi connectivity index (χ0) is 25.2. The third-order valence-electron chi connectivity index (χ3n) is 6.52. The minimum Gasteiger partial charge on any atom is -0.382 e. The Kier molecular flexibility index (Phi) is 7.51. The van der Waals surface area contributed by atoms with Gasteiger partial charge in [-0.3, -0.25) is 14.9 Å². The quantitative estimate of drug-likeness (QED) is 0.403. The number of benzene rings is 2. The molecule has 0 aromatic heterocycles. The summed E-state index contributed by atoms with van der Waals surface area (Å²) in [5, 5.41) is 14.7. The molecule has 35 heavy (non-hydrogen) atoms. The van der Waals surface area contributed by atoms with Crippen LogP contribution in [0.2, 0.25) is 5.02 Å². The van der Waals surface area contributed by atoms with Gasteiger partial charge in [-0.25, -0.2) is 0 Å². The number of nitro groups is 1. The molecule has 11 heteroatoms. The van der Waals surface area contributed by atoms with Gasteiger partial charge in [0.05, 0.1) is 11.0 Å². The Labute approximate surface area is 205 Å². The fraction of sp³-hybridized carbons (Fsp3) is 0.458. The molecule has 0 unspecified atom stereocenters. The molecule has 0 atom stereocenters. The second-order valence-electron chi connectivity index (χ2n) is 8.89. The van der Waals surface area contributed by atoms with Crippen molar-refractivity contribution in [1.82, 2.24) is 4.90 Å². The second-order valence-corrected chi connectivity index (χ2v) is 9.33. The first-order chi connectivity index (χ1) is 16.6. The van der Waals surface area contributed by atoms with E-state index < -0.39 is 22.4 Å². The third-order valence-corrected chi connectivity index (χ3v) is 6.75. The van der Waals surface area contributed by atoms with Crippen molar-refractivity contribution in [3.05, 3.63) is 68.2 Å². The largest absolute Gasteiger partial charge is 0.423 e. The molecule has 7 nitrogen and oxygen atoms in total. The predicted molar refractivity (Wildman–Crippen MR) is 124 cm³/mol. The maximum Gasteiger partial charge on any atom is 0.423 e. The van der Waals surface area contributed by atoms with Crippen LogP contribution in [-0.2, 0) is 28.7 Å². The number of nitrogens with one attached hydrogen (secondary N) is 1. The number of alkyl halides is 3. The van der Waals surface area contributed by atoms with E-state index >= 15 is 0 Å². The van der Waals surface area contributed by atoms with Crippen LogP contribution >= 0.6 is 11.6 Å². The van der Waals surface area contributed by atoms with E-state index in [0.717, 1.165) is 29.7 Å². The summed E-state index contributed by atoms with van der Waals surface area (Å²) in [5.41, 5.74) is 0.190. The molecule has 188 valence electrons. The fourth-order valence-corrected chi connectivity index (χ4v) is 4.83. The minimum atomic E-state index is -4.82. The van der Waals surface area contributed by atoms with Crippen LogP contribution in [0.3, 0.4) is 0 Å². The molecule has 0 radical (unpaired) electrons. The molecule has 0 bridgehead atoms. The van der Waals surface area contributed by atoms with Gasteiger partial charge < -0.3 is 15.0 Å². The highest BCUT2D eigenvalue weighted by atomic mass is 35.5. The SMILES string of the molecule is O=C(COC1CCC(Nc2ccc([N+](=O)[O-])c(C(F)(F)F)c2)CC1)N1CCc2cc(Cl)ccc2C1. The summed E-state index contributed by atoms with van der Waals surface area (Å²) in [5.74, 6) is -0.0728. The number of amides is 1. The third kappa shape index (κ3) is 6.24. The number of hydrogen-bond donors (Lipinski definition) is 1. The average Bonchev–Trinajstić information content (AvgIpc) is 2.82. The van der Waals surface area contributed by atoms with Crippen LogP contribution in [0, 0.1) is 10.1 Å². The first-order valence-corrected chi connectivity index (χ1v) is 11.8. The molecule has 1 saturated carbocycles. The lowest BCUT2D eigenvalue weighted by Gasteiger charge is -2.32. The molecule has 0 spiro atoms. The van der Waals surface area contributed by atoms with Gasteiger partial charge in [-0.05, 0) is 67.5 Å². The van der Waals surface area contributed by atoms with Crippen molar-refractivity contribution in [2.24, 2.45) is 0 Å². The zero-order valence-corrected chi connectivity index (χ0v) is 19.6. The minimum absolute atomic E-state index is 0.0109. The molecule has 4 rings (SSSR count). The maximum atomic E-state index is 13.2. The molecule has 1 aliphatic heterocycles. The Bertz CT molecular complexity index is 1100.